The molecule has 0 unspecified atom stereocenters. The lowest BCUT2D eigenvalue weighted by Crippen LogP contribution is -2.27. The lowest BCUT2D eigenvalue weighted by atomic mass is 9.81. The molecule has 0 amide bonds. The Morgan fingerprint density at radius 3 is 2.21 bits per heavy atom. The van der Waals surface area contributed by atoms with Crippen molar-refractivity contribution in [3.63, 3.8) is 0 Å². The molecule has 6 rings (SSSR count). The van der Waals surface area contributed by atoms with Crippen molar-refractivity contribution in [2.45, 2.75) is 75.6 Å². The first-order valence-corrected chi connectivity index (χ1v) is 19.6. The summed E-state index contributed by atoms with van der Waals surface area (Å²) in [4.78, 5) is 35.1. The van der Waals surface area contributed by atoms with Crippen LogP contribution in [-0.2, 0) is 32.3 Å². The van der Waals surface area contributed by atoms with E-state index >= 15 is 0 Å². The van der Waals surface area contributed by atoms with Gasteiger partial charge in [-0.15, -0.1) is 0 Å². The highest BCUT2D eigenvalue weighted by Crippen LogP contribution is 2.51. The second-order valence-corrected chi connectivity index (χ2v) is 16.4. The Bertz CT molecular complexity index is 2480. The van der Waals surface area contributed by atoms with E-state index in [1.807, 2.05) is 71.4 Å². The Balaban J connectivity index is 1.36. The van der Waals surface area contributed by atoms with Crippen molar-refractivity contribution in [1.82, 2.24) is 0 Å². The molecular weight excluding hydrogens is 737 g/mol. The van der Waals surface area contributed by atoms with E-state index in [0.717, 1.165) is 58.2 Å². The molecule has 0 aliphatic carbocycles. The van der Waals surface area contributed by atoms with Crippen molar-refractivity contribution in [3.05, 3.63) is 146 Å². The molecule has 0 atom stereocenters. The molecule has 1 N–H and O–H groups in total. The van der Waals surface area contributed by atoms with Crippen LogP contribution in [0.1, 0.15) is 70.1 Å². The SMILES string of the molecule is CC1(C)C(/C=C/C=C/C=C2/N(CCCCCC(=O)O)c3ccc4cc(S(=O)(=O)[O-])ccc4c3C2(C)C)=[N+](Cc2cc([N+](=O)[O-])cc([N+](=O)[O-])c2)c2ccccc21. The summed E-state index contributed by atoms with van der Waals surface area (Å²) < 4.78 is 37.4. The van der Waals surface area contributed by atoms with Crippen LogP contribution >= 0.6 is 0 Å². The van der Waals surface area contributed by atoms with Gasteiger partial charge in [-0.3, -0.25) is 25.0 Å². The second-order valence-electron chi connectivity index (χ2n) is 15.1. The highest BCUT2D eigenvalue weighted by atomic mass is 32.2. The van der Waals surface area contributed by atoms with E-state index in [1.165, 1.54) is 24.3 Å². The van der Waals surface area contributed by atoms with Gasteiger partial charge in [0.15, 0.2) is 12.3 Å². The van der Waals surface area contributed by atoms with Gasteiger partial charge in [-0.25, -0.2) is 8.42 Å². The van der Waals surface area contributed by atoms with Gasteiger partial charge in [0.2, 0.25) is 5.69 Å². The number of unbranched alkanes of at least 4 members (excludes halogenated alkanes) is 2. The molecule has 13 nitrogen and oxygen atoms in total. The smallest absolute Gasteiger partial charge is 0.303 e. The molecule has 4 aromatic rings. The Morgan fingerprint density at radius 1 is 0.857 bits per heavy atom. The lowest BCUT2D eigenvalue weighted by molar-refractivity contribution is -0.455. The summed E-state index contributed by atoms with van der Waals surface area (Å²) in [7, 11) is -4.64. The van der Waals surface area contributed by atoms with Gasteiger partial charge >= 0.3 is 5.97 Å². The van der Waals surface area contributed by atoms with E-state index in [-0.39, 0.29) is 29.2 Å². The third kappa shape index (κ3) is 7.75. The van der Waals surface area contributed by atoms with Crippen molar-refractivity contribution in [2.24, 2.45) is 0 Å². The number of benzene rings is 4. The van der Waals surface area contributed by atoms with Crippen LogP contribution in [0.15, 0.2) is 114 Å². The summed E-state index contributed by atoms with van der Waals surface area (Å²) in [5, 5.41) is 33.9. The van der Waals surface area contributed by atoms with E-state index in [2.05, 4.69) is 32.6 Å². The number of nitro benzene ring substituents is 2. The molecule has 0 saturated carbocycles. The number of aliphatic carboxylic acids is 1. The van der Waals surface area contributed by atoms with Gasteiger partial charge in [0.25, 0.3) is 11.4 Å². The van der Waals surface area contributed by atoms with E-state index < -0.39 is 36.8 Å². The molecule has 0 aromatic heterocycles. The zero-order valence-electron chi connectivity index (χ0n) is 31.5. The summed E-state index contributed by atoms with van der Waals surface area (Å²) in [5.41, 5.74) is 4.47. The van der Waals surface area contributed by atoms with Gasteiger partial charge < -0.3 is 14.6 Å². The number of fused-ring (bicyclic) bond motifs is 4. The summed E-state index contributed by atoms with van der Waals surface area (Å²) in [5.74, 6) is -0.832. The summed E-state index contributed by atoms with van der Waals surface area (Å²) in [6.07, 6.45) is 11.9. The molecule has 4 aromatic carbocycles. The minimum absolute atomic E-state index is 0.0962. The van der Waals surface area contributed by atoms with Crippen LogP contribution in [0.3, 0.4) is 0 Å². The lowest BCUT2D eigenvalue weighted by Gasteiger charge is -2.27. The van der Waals surface area contributed by atoms with Crippen molar-refractivity contribution >= 4 is 55.3 Å². The number of rotatable bonds is 14. The Labute approximate surface area is 324 Å². The Kier molecular flexibility index (Phi) is 10.8. The molecule has 0 fully saturated rings. The van der Waals surface area contributed by atoms with E-state index in [4.69, 9.17) is 5.11 Å². The fourth-order valence-corrected chi connectivity index (χ4v) is 8.51. The zero-order chi connectivity index (χ0) is 40.6. The summed E-state index contributed by atoms with van der Waals surface area (Å²) in [6, 6.07) is 19.7. The number of nitro groups is 2. The first kappa shape index (κ1) is 39.7. The highest BCUT2D eigenvalue weighted by molar-refractivity contribution is 7.85. The number of para-hydroxylation sites is 1. The molecule has 290 valence electrons. The number of nitrogens with zero attached hydrogens (tertiary/aromatic N) is 4. The number of hydrogen-bond donors (Lipinski definition) is 1. The molecule has 56 heavy (non-hydrogen) atoms. The number of carboxylic acid groups (broad SMARTS) is 1. The van der Waals surface area contributed by atoms with Crippen LogP contribution in [0.2, 0.25) is 0 Å². The van der Waals surface area contributed by atoms with Gasteiger partial charge in [-0.2, -0.15) is 4.58 Å². The molecule has 2 aliphatic rings. The van der Waals surface area contributed by atoms with Crippen LogP contribution in [0, 0.1) is 20.2 Å². The fourth-order valence-electron chi connectivity index (χ4n) is 8.00. The first-order chi connectivity index (χ1) is 26.4. The maximum absolute atomic E-state index is 11.8. The van der Waals surface area contributed by atoms with Crippen LogP contribution < -0.4 is 4.90 Å². The molecule has 2 heterocycles. The quantitative estimate of drug-likeness (QED) is 0.0324. The van der Waals surface area contributed by atoms with Crippen LogP contribution in [0.4, 0.5) is 22.7 Å². The van der Waals surface area contributed by atoms with Gasteiger partial charge in [0.1, 0.15) is 10.1 Å². The number of non-ortho nitro benzene ring substituents is 2. The predicted octanol–water partition coefficient (Wildman–Crippen LogP) is 8.58. The van der Waals surface area contributed by atoms with Crippen LogP contribution in [0.25, 0.3) is 10.8 Å². The van der Waals surface area contributed by atoms with E-state index in [1.54, 1.807) is 6.07 Å². The zero-order valence-corrected chi connectivity index (χ0v) is 32.3. The van der Waals surface area contributed by atoms with Crippen molar-refractivity contribution in [3.8, 4) is 0 Å². The molecule has 2 aliphatic heterocycles. The highest BCUT2D eigenvalue weighted by Gasteiger charge is 2.44. The van der Waals surface area contributed by atoms with Crippen LogP contribution in [-0.4, -0.2) is 50.7 Å². The topological polar surface area (TPSA) is 187 Å². The minimum atomic E-state index is -4.64. The van der Waals surface area contributed by atoms with Crippen molar-refractivity contribution in [2.75, 3.05) is 11.4 Å². The maximum Gasteiger partial charge on any atom is 0.303 e. The monoisotopic (exact) mass is 778 g/mol. The normalized spacial score (nSPS) is 16.7. The van der Waals surface area contributed by atoms with Gasteiger partial charge in [-0.05, 0) is 67.3 Å². The second kappa shape index (κ2) is 15.3. The number of allylic oxidation sites excluding steroid dienone is 6. The van der Waals surface area contributed by atoms with Crippen LogP contribution in [0.5, 0.6) is 0 Å². The number of carbonyl (C=O) groups is 1. The predicted molar refractivity (Wildman–Crippen MR) is 213 cm³/mol. The Hall–Kier alpha value is -5.99. The van der Waals surface area contributed by atoms with Gasteiger partial charge in [0.05, 0.1) is 26.2 Å². The average molecular weight is 779 g/mol. The van der Waals surface area contributed by atoms with Crippen molar-refractivity contribution < 1.29 is 37.3 Å². The molecule has 0 saturated heterocycles. The fraction of sp³-hybridized carbons (Fsp3) is 0.286. The Morgan fingerprint density at radius 2 is 1.55 bits per heavy atom. The molecule has 0 bridgehead atoms. The molecule has 14 heteroatoms. The van der Waals surface area contributed by atoms with Gasteiger partial charge in [-0.1, -0.05) is 68.8 Å². The summed E-state index contributed by atoms with van der Waals surface area (Å²) >= 11 is 0. The third-order valence-electron chi connectivity index (χ3n) is 10.6. The first-order valence-electron chi connectivity index (χ1n) is 18.2. The third-order valence-corrected chi connectivity index (χ3v) is 11.5. The van der Waals surface area contributed by atoms with Crippen molar-refractivity contribution in [1.29, 1.82) is 0 Å². The molecule has 0 spiro atoms. The standard InChI is InChI=1S/C42H42N4O9S/c1-41(2)34-13-10-11-14-35(34)44(27-28-23-30(45(49)50)26-31(24-28)46(51)52)37(41)15-7-5-8-16-38-42(3,4)40-33-20-19-32(56(53,54)55)25-29(33)18-21-36(40)43(38)22-12-6-9-17-39(47)48/h5,7-8,10-11,13-16,18-21,23-26H,6,9,12,17,22,27H2,1-4H3,(H-,47,48,53,54,55). The summed E-state index contributed by atoms with van der Waals surface area (Å²) in [6.45, 7) is 9.14. The maximum atomic E-state index is 11.8. The number of anilines is 1. The molecular formula is C42H42N4O9S. The van der Waals surface area contributed by atoms with E-state index in [0.29, 0.717) is 23.9 Å². The largest absolute Gasteiger partial charge is 0.744 e. The van der Waals surface area contributed by atoms with Gasteiger partial charge in [0, 0.05) is 65.2 Å². The average Bonchev–Trinajstić information content (AvgIpc) is 3.48. The number of hydrogen-bond acceptors (Lipinski definition) is 9. The van der Waals surface area contributed by atoms with E-state index in [9.17, 15) is 38.0 Å². The molecule has 0 radical (unpaired) electrons. The number of carboxylic acids is 1. The minimum Gasteiger partial charge on any atom is -0.744 e.